The molecule has 0 aliphatic rings. The number of pyridine rings is 2. The largest absolute Gasteiger partial charge is 0.465 e. The number of esters is 2. The molecule has 6 aromatic heterocycles. The number of carbonyl (C=O) groups is 2. The SMILES string of the molecule is COC(=O)c1cnn2ccc(-c3cn(CC(C)(C)O)nc3C)cc12.COC(=O)c1cnn2ccc(-c3cnn(CC(C)(C)O)c3C)cc12. The minimum absolute atomic E-state index is 0.399. The quantitative estimate of drug-likeness (QED) is 0.228. The van der Waals surface area contributed by atoms with Gasteiger partial charge in [-0.25, -0.2) is 18.6 Å². The summed E-state index contributed by atoms with van der Waals surface area (Å²) >= 11 is 0. The lowest BCUT2D eigenvalue weighted by molar-refractivity contribution is 0.0566. The van der Waals surface area contributed by atoms with Gasteiger partial charge in [0.15, 0.2) is 0 Å². The molecule has 0 atom stereocenters. The van der Waals surface area contributed by atoms with E-state index in [1.807, 2.05) is 44.3 Å². The molecule has 0 aliphatic carbocycles. The van der Waals surface area contributed by atoms with Crippen molar-refractivity contribution in [3.63, 3.8) is 0 Å². The minimum Gasteiger partial charge on any atom is -0.465 e. The second kappa shape index (κ2) is 13.0. The monoisotopic (exact) mass is 656 g/mol. The van der Waals surface area contributed by atoms with Crippen LogP contribution in [-0.2, 0) is 22.6 Å². The predicted octanol–water partition coefficient (Wildman–Crippen LogP) is 4.13. The van der Waals surface area contributed by atoms with E-state index >= 15 is 0 Å². The summed E-state index contributed by atoms with van der Waals surface area (Å²) in [6, 6.07) is 7.61. The van der Waals surface area contributed by atoms with Crippen molar-refractivity contribution in [2.75, 3.05) is 14.2 Å². The molecular weight excluding hydrogens is 616 g/mol. The molecule has 14 nitrogen and oxygen atoms in total. The predicted molar refractivity (Wildman–Crippen MR) is 178 cm³/mol. The number of aromatic nitrogens is 8. The summed E-state index contributed by atoms with van der Waals surface area (Å²) in [4.78, 5) is 23.7. The van der Waals surface area contributed by atoms with Crippen LogP contribution in [0.4, 0.5) is 0 Å². The normalized spacial score (nSPS) is 11.9. The van der Waals surface area contributed by atoms with Crippen LogP contribution in [0.25, 0.3) is 33.3 Å². The third kappa shape index (κ3) is 7.29. The van der Waals surface area contributed by atoms with Crippen molar-refractivity contribution < 1.29 is 29.3 Å². The van der Waals surface area contributed by atoms with Crippen LogP contribution >= 0.6 is 0 Å². The van der Waals surface area contributed by atoms with Crippen LogP contribution in [0.15, 0.2) is 61.4 Å². The van der Waals surface area contributed by atoms with E-state index in [0.29, 0.717) is 35.2 Å². The molecule has 6 heterocycles. The van der Waals surface area contributed by atoms with Gasteiger partial charge in [0.1, 0.15) is 11.1 Å². The number of hydrogen-bond donors (Lipinski definition) is 2. The van der Waals surface area contributed by atoms with E-state index in [1.165, 1.54) is 26.6 Å². The molecule has 0 bridgehead atoms. The number of hydrogen-bond acceptors (Lipinski definition) is 10. The van der Waals surface area contributed by atoms with Crippen LogP contribution < -0.4 is 0 Å². The van der Waals surface area contributed by atoms with Gasteiger partial charge in [-0.3, -0.25) is 9.36 Å². The molecule has 0 aliphatic heterocycles. The Hall–Kier alpha value is -5.34. The second-order valence-corrected chi connectivity index (χ2v) is 12.8. The summed E-state index contributed by atoms with van der Waals surface area (Å²) in [5.41, 5.74) is 6.02. The Kier molecular flexibility index (Phi) is 9.24. The number of aryl methyl sites for hydroxylation is 1. The Balaban J connectivity index is 0.000000188. The van der Waals surface area contributed by atoms with E-state index in [2.05, 4.69) is 20.4 Å². The molecule has 0 radical (unpaired) electrons. The lowest BCUT2D eigenvalue weighted by Gasteiger charge is -2.18. The molecule has 14 heteroatoms. The van der Waals surface area contributed by atoms with Crippen molar-refractivity contribution in [3.8, 4) is 22.3 Å². The first-order valence-corrected chi connectivity index (χ1v) is 15.2. The topological polar surface area (TPSA) is 163 Å². The maximum absolute atomic E-state index is 11.8. The first-order valence-electron chi connectivity index (χ1n) is 15.2. The van der Waals surface area contributed by atoms with Crippen molar-refractivity contribution in [3.05, 3.63) is 84.0 Å². The van der Waals surface area contributed by atoms with Gasteiger partial charge in [0.25, 0.3) is 0 Å². The van der Waals surface area contributed by atoms with E-state index in [0.717, 1.165) is 33.6 Å². The molecule has 6 rings (SSSR count). The zero-order valence-corrected chi connectivity index (χ0v) is 28.3. The van der Waals surface area contributed by atoms with Crippen LogP contribution in [0.1, 0.15) is 59.8 Å². The summed E-state index contributed by atoms with van der Waals surface area (Å²) in [7, 11) is 2.70. The summed E-state index contributed by atoms with van der Waals surface area (Å²) in [5.74, 6) is -0.840. The highest BCUT2D eigenvalue weighted by atomic mass is 16.5. The van der Waals surface area contributed by atoms with Crippen LogP contribution in [0.5, 0.6) is 0 Å². The zero-order valence-electron chi connectivity index (χ0n) is 28.3. The molecule has 0 aromatic carbocycles. The molecule has 0 spiro atoms. The Morgan fingerprint density at radius 3 is 1.73 bits per heavy atom. The smallest absolute Gasteiger partial charge is 0.341 e. The molecule has 0 saturated heterocycles. The lowest BCUT2D eigenvalue weighted by Crippen LogP contribution is -2.27. The molecule has 2 N–H and O–H groups in total. The van der Waals surface area contributed by atoms with E-state index in [9.17, 15) is 19.8 Å². The van der Waals surface area contributed by atoms with Crippen LogP contribution in [0.2, 0.25) is 0 Å². The average Bonchev–Trinajstić information content (AvgIpc) is 3.80. The fraction of sp³-hybridized carbons (Fsp3) is 0.353. The summed E-state index contributed by atoms with van der Waals surface area (Å²) in [6.07, 6.45) is 10.2. The highest BCUT2D eigenvalue weighted by Crippen LogP contribution is 2.27. The molecule has 0 unspecified atom stereocenters. The van der Waals surface area contributed by atoms with Gasteiger partial charge in [0.2, 0.25) is 0 Å². The van der Waals surface area contributed by atoms with E-state index < -0.39 is 23.1 Å². The van der Waals surface area contributed by atoms with Crippen molar-refractivity contribution in [2.45, 2.75) is 65.8 Å². The van der Waals surface area contributed by atoms with Gasteiger partial charge in [-0.1, -0.05) is 0 Å². The van der Waals surface area contributed by atoms with Gasteiger partial charge >= 0.3 is 11.9 Å². The molecule has 0 saturated carbocycles. The number of aliphatic hydroxyl groups is 2. The van der Waals surface area contributed by atoms with Gasteiger partial charge in [-0.15, -0.1) is 0 Å². The van der Waals surface area contributed by atoms with Gasteiger partial charge in [-0.05, 0) is 76.9 Å². The first kappa shape index (κ1) is 34.0. The van der Waals surface area contributed by atoms with Crippen LogP contribution in [0.3, 0.4) is 0 Å². The molecular formula is C34H40N8O6. The fourth-order valence-electron chi connectivity index (χ4n) is 5.37. The summed E-state index contributed by atoms with van der Waals surface area (Å²) < 4.78 is 16.4. The van der Waals surface area contributed by atoms with Crippen LogP contribution in [0, 0.1) is 13.8 Å². The number of methoxy groups -OCH3 is 2. The van der Waals surface area contributed by atoms with Crippen molar-refractivity contribution in [2.24, 2.45) is 0 Å². The standard InChI is InChI=1S/2C17H20N4O3/c1-11-14(9-20(19-11)10-17(2,3)23)12-5-6-21-15(7-12)13(8-18-21)16(22)24-4;1-11-13(8-19-21(11)10-17(2,3)23)12-5-6-20-15(7-12)14(9-18-20)16(22)24-4/h2*5-9,23H,10H2,1-4H3. The van der Waals surface area contributed by atoms with E-state index in [-0.39, 0.29) is 0 Å². The van der Waals surface area contributed by atoms with Crippen molar-refractivity contribution in [1.82, 2.24) is 38.8 Å². The van der Waals surface area contributed by atoms with Crippen molar-refractivity contribution in [1.29, 1.82) is 0 Å². The molecule has 0 amide bonds. The molecule has 252 valence electrons. The lowest BCUT2D eigenvalue weighted by atomic mass is 10.1. The second-order valence-electron chi connectivity index (χ2n) is 12.8. The Morgan fingerprint density at radius 1 is 0.750 bits per heavy atom. The Labute approximate surface area is 277 Å². The molecule has 6 aromatic rings. The highest BCUT2D eigenvalue weighted by Gasteiger charge is 2.20. The van der Waals surface area contributed by atoms with Gasteiger partial charge in [-0.2, -0.15) is 20.4 Å². The minimum atomic E-state index is -0.846. The first-order chi connectivity index (χ1) is 22.6. The summed E-state index contributed by atoms with van der Waals surface area (Å²) in [5, 5.41) is 37.1. The molecule has 48 heavy (non-hydrogen) atoms. The van der Waals surface area contributed by atoms with Gasteiger partial charge in [0, 0.05) is 35.4 Å². The number of rotatable bonds is 8. The maximum atomic E-state index is 11.8. The third-order valence-corrected chi connectivity index (χ3v) is 7.61. The van der Waals surface area contributed by atoms with Gasteiger partial charge in [0.05, 0.1) is 73.8 Å². The van der Waals surface area contributed by atoms with Crippen LogP contribution in [-0.4, -0.2) is 86.4 Å². The Morgan fingerprint density at radius 2 is 1.25 bits per heavy atom. The number of nitrogens with zero attached hydrogens (tertiary/aromatic N) is 8. The summed E-state index contributed by atoms with van der Waals surface area (Å²) in [6.45, 7) is 11.6. The zero-order chi connectivity index (χ0) is 35.0. The number of carbonyl (C=O) groups excluding carboxylic acids is 2. The van der Waals surface area contributed by atoms with E-state index in [1.54, 1.807) is 64.7 Å². The maximum Gasteiger partial charge on any atom is 0.341 e. The van der Waals surface area contributed by atoms with Gasteiger partial charge < -0.3 is 19.7 Å². The molecule has 0 fully saturated rings. The fourth-order valence-corrected chi connectivity index (χ4v) is 5.37. The Bertz CT molecular complexity index is 2010. The average molecular weight is 657 g/mol. The number of ether oxygens (including phenoxy) is 2. The van der Waals surface area contributed by atoms with Crippen molar-refractivity contribution >= 4 is 23.0 Å². The number of fused-ring (bicyclic) bond motifs is 2. The third-order valence-electron chi connectivity index (χ3n) is 7.61. The van der Waals surface area contributed by atoms with E-state index in [4.69, 9.17) is 9.47 Å². The highest BCUT2D eigenvalue weighted by molar-refractivity contribution is 5.98.